The van der Waals surface area contributed by atoms with E-state index >= 15 is 0 Å². The molecule has 104 valence electrons. The summed E-state index contributed by atoms with van der Waals surface area (Å²) in [6.07, 6.45) is 0.250. The van der Waals surface area contributed by atoms with Crippen LogP contribution in [-0.2, 0) is 14.3 Å². The highest BCUT2D eigenvalue weighted by molar-refractivity contribution is 5.86. The molecule has 0 aliphatic heterocycles. The molecule has 0 aromatic rings. The second kappa shape index (κ2) is 5.42. The normalized spacial score (nSPS) is 13.9. The van der Waals surface area contributed by atoms with Gasteiger partial charge in [0.2, 0.25) is 0 Å². The molecule has 3 N–H and O–H groups in total. The summed E-state index contributed by atoms with van der Waals surface area (Å²) in [4.78, 5) is 22.7. The molecular weight excluding hydrogens is 234 g/mol. The molecule has 0 fully saturated rings. The van der Waals surface area contributed by atoms with Gasteiger partial charge in [-0.3, -0.25) is 4.79 Å². The number of ether oxygens (including phenoxy) is 1. The first-order valence-corrected chi connectivity index (χ1v) is 5.79. The fourth-order valence-electron chi connectivity index (χ4n) is 1.43. The number of aliphatic carboxylic acids is 1. The van der Waals surface area contributed by atoms with Crippen molar-refractivity contribution in [2.24, 2.45) is 11.1 Å². The van der Waals surface area contributed by atoms with Crippen LogP contribution in [0.1, 0.15) is 48.0 Å². The van der Waals surface area contributed by atoms with Crippen molar-refractivity contribution in [3.05, 3.63) is 11.3 Å². The minimum Gasteiger partial charge on any atom is -0.477 e. The predicted molar refractivity (Wildman–Crippen MR) is 68.8 cm³/mol. The Morgan fingerprint density at radius 3 is 1.94 bits per heavy atom. The summed E-state index contributed by atoms with van der Waals surface area (Å²) in [6.45, 7) is 10.4. The van der Waals surface area contributed by atoms with Crippen molar-refractivity contribution in [3.8, 4) is 0 Å². The van der Waals surface area contributed by atoms with Gasteiger partial charge < -0.3 is 15.6 Å². The number of carboxylic acid groups (broad SMARTS) is 1. The topological polar surface area (TPSA) is 89.6 Å². The zero-order chi connectivity index (χ0) is 14.7. The second-order valence-corrected chi connectivity index (χ2v) is 6.06. The van der Waals surface area contributed by atoms with E-state index in [9.17, 15) is 9.59 Å². The van der Waals surface area contributed by atoms with Gasteiger partial charge in [0.1, 0.15) is 11.3 Å². The number of carbonyl (C=O) groups is 2. The number of hydrogen-bond donors (Lipinski definition) is 2. The van der Waals surface area contributed by atoms with E-state index in [0.29, 0.717) is 5.57 Å². The van der Waals surface area contributed by atoms with E-state index < -0.39 is 17.0 Å². The lowest BCUT2D eigenvalue weighted by molar-refractivity contribution is -0.165. The fraction of sp³-hybridized carbons (Fsp3) is 0.692. The zero-order valence-electron chi connectivity index (χ0n) is 12.0. The van der Waals surface area contributed by atoms with Crippen LogP contribution < -0.4 is 5.73 Å². The van der Waals surface area contributed by atoms with Crippen LogP contribution in [0.3, 0.4) is 0 Å². The number of esters is 1. The average molecular weight is 257 g/mol. The molecule has 0 saturated heterocycles. The summed E-state index contributed by atoms with van der Waals surface area (Å²) in [6, 6.07) is 0. The van der Waals surface area contributed by atoms with Gasteiger partial charge in [0, 0.05) is 0 Å². The van der Waals surface area contributed by atoms with Crippen LogP contribution in [0.25, 0.3) is 0 Å². The third kappa shape index (κ3) is 5.21. The van der Waals surface area contributed by atoms with E-state index in [1.807, 2.05) is 0 Å². The average Bonchev–Trinajstić information content (AvgIpc) is 2.12. The van der Waals surface area contributed by atoms with E-state index in [4.69, 9.17) is 15.6 Å². The maximum atomic E-state index is 12.0. The minimum absolute atomic E-state index is 0.216. The number of allylic oxidation sites excluding steroid dienone is 1. The number of rotatable bonds is 4. The first-order valence-electron chi connectivity index (χ1n) is 5.79. The Balaban J connectivity index is 4.92. The molecule has 0 atom stereocenters. The van der Waals surface area contributed by atoms with Gasteiger partial charge in [-0.25, -0.2) is 4.79 Å². The van der Waals surface area contributed by atoms with Gasteiger partial charge in [-0.1, -0.05) is 0 Å². The second-order valence-electron chi connectivity index (χ2n) is 6.06. The molecule has 0 heterocycles. The van der Waals surface area contributed by atoms with Crippen LogP contribution in [0.5, 0.6) is 0 Å². The Morgan fingerprint density at radius 1 is 1.17 bits per heavy atom. The van der Waals surface area contributed by atoms with Crippen molar-refractivity contribution < 1.29 is 19.4 Å². The van der Waals surface area contributed by atoms with Crippen LogP contribution in [0.15, 0.2) is 11.3 Å². The van der Waals surface area contributed by atoms with E-state index in [0.717, 1.165) is 0 Å². The van der Waals surface area contributed by atoms with Crippen molar-refractivity contribution in [2.75, 3.05) is 0 Å². The molecule has 0 amide bonds. The van der Waals surface area contributed by atoms with Gasteiger partial charge in [0.15, 0.2) is 0 Å². The molecule has 0 saturated carbocycles. The summed E-state index contributed by atoms with van der Waals surface area (Å²) >= 11 is 0. The third-order valence-corrected chi connectivity index (χ3v) is 2.35. The van der Waals surface area contributed by atoms with E-state index in [1.54, 1.807) is 41.5 Å². The van der Waals surface area contributed by atoms with Gasteiger partial charge in [0.25, 0.3) is 0 Å². The van der Waals surface area contributed by atoms with Gasteiger partial charge in [0.05, 0.1) is 5.41 Å². The van der Waals surface area contributed by atoms with E-state index in [1.165, 1.54) is 0 Å². The summed E-state index contributed by atoms with van der Waals surface area (Å²) in [5, 5.41) is 8.78. The van der Waals surface area contributed by atoms with Gasteiger partial charge in [-0.05, 0) is 53.5 Å². The summed E-state index contributed by atoms with van der Waals surface area (Å²) in [5.74, 6) is -1.54. The Kier molecular flexibility index (Phi) is 4.96. The van der Waals surface area contributed by atoms with Crippen LogP contribution in [0.4, 0.5) is 0 Å². The van der Waals surface area contributed by atoms with E-state index in [-0.39, 0.29) is 18.1 Å². The highest BCUT2D eigenvalue weighted by Crippen LogP contribution is 2.29. The molecule has 18 heavy (non-hydrogen) atoms. The summed E-state index contributed by atoms with van der Waals surface area (Å²) < 4.78 is 5.29. The molecule has 0 aromatic heterocycles. The van der Waals surface area contributed by atoms with Crippen molar-refractivity contribution in [1.29, 1.82) is 0 Å². The lowest BCUT2D eigenvalue weighted by atomic mass is 9.85. The monoisotopic (exact) mass is 257 g/mol. The maximum Gasteiger partial charge on any atom is 0.351 e. The molecule has 0 aliphatic carbocycles. The first kappa shape index (κ1) is 16.5. The molecule has 0 aromatic carbocycles. The van der Waals surface area contributed by atoms with Crippen molar-refractivity contribution in [2.45, 2.75) is 53.6 Å². The lowest BCUT2D eigenvalue weighted by Crippen LogP contribution is -2.34. The van der Waals surface area contributed by atoms with Gasteiger partial charge in [-0.15, -0.1) is 0 Å². The number of carboxylic acids is 1. The number of hydrogen-bond acceptors (Lipinski definition) is 4. The fourth-order valence-corrected chi connectivity index (χ4v) is 1.43. The molecule has 0 spiro atoms. The molecule has 0 rings (SSSR count). The van der Waals surface area contributed by atoms with Gasteiger partial charge >= 0.3 is 11.9 Å². The molecule has 0 aliphatic rings. The zero-order valence-corrected chi connectivity index (χ0v) is 12.0. The molecule has 0 unspecified atom stereocenters. The lowest BCUT2D eigenvalue weighted by Gasteiger charge is -2.28. The van der Waals surface area contributed by atoms with Gasteiger partial charge in [-0.2, -0.15) is 0 Å². The number of carbonyl (C=O) groups excluding carboxylic acids is 1. The van der Waals surface area contributed by atoms with Crippen LogP contribution in [0.2, 0.25) is 0 Å². The standard InChI is InChI=1S/C13H23NO4/c1-8(9(14)10(15)16)7-13(5,6)11(17)18-12(2,3)4/h7,14H2,1-6H3,(H,15,16). The summed E-state index contributed by atoms with van der Waals surface area (Å²) in [7, 11) is 0. The van der Waals surface area contributed by atoms with Crippen molar-refractivity contribution in [1.82, 2.24) is 0 Å². The highest BCUT2D eigenvalue weighted by atomic mass is 16.6. The molecule has 0 bridgehead atoms. The molecule has 5 heteroatoms. The smallest absolute Gasteiger partial charge is 0.351 e. The molecular formula is C13H23NO4. The van der Waals surface area contributed by atoms with Crippen LogP contribution in [0, 0.1) is 5.41 Å². The van der Waals surface area contributed by atoms with Crippen molar-refractivity contribution in [3.63, 3.8) is 0 Å². The van der Waals surface area contributed by atoms with Crippen LogP contribution in [-0.4, -0.2) is 22.6 Å². The minimum atomic E-state index is -1.17. The largest absolute Gasteiger partial charge is 0.477 e. The SMILES string of the molecule is CC(CC(C)(C)C(=O)OC(C)(C)C)=C(N)C(=O)O. The molecule has 0 radical (unpaired) electrons. The Hall–Kier alpha value is -1.52. The van der Waals surface area contributed by atoms with E-state index in [2.05, 4.69) is 0 Å². The molecule has 5 nitrogen and oxygen atoms in total. The maximum absolute atomic E-state index is 12.0. The van der Waals surface area contributed by atoms with Crippen molar-refractivity contribution >= 4 is 11.9 Å². The Morgan fingerprint density at radius 2 is 1.61 bits per heavy atom. The summed E-state index contributed by atoms with van der Waals surface area (Å²) in [5.41, 5.74) is 4.30. The predicted octanol–water partition coefficient (Wildman–Crippen LogP) is 2.06. The highest BCUT2D eigenvalue weighted by Gasteiger charge is 2.33. The first-order chi connectivity index (χ1) is 7.87. The Labute approximate surface area is 108 Å². The third-order valence-electron chi connectivity index (χ3n) is 2.35. The Bertz CT molecular complexity index is 375. The van der Waals surface area contributed by atoms with Crippen LogP contribution >= 0.6 is 0 Å². The quantitative estimate of drug-likeness (QED) is 0.594. The number of nitrogens with two attached hydrogens (primary N) is 1.